The second kappa shape index (κ2) is 5.59. The zero-order valence-corrected chi connectivity index (χ0v) is 10.8. The van der Waals surface area contributed by atoms with E-state index >= 15 is 0 Å². The highest BCUT2D eigenvalue weighted by molar-refractivity contribution is 5.20. The van der Waals surface area contributed by atoms with Crippen molar-refractivity contribution in [2.75, 3.05) is 6.54 Å². The quantitative estimate of drug-likeness (QED) is 0.865. The Bertz CT molecular complexity index is 506. The summed E-state index contributed by atoms with van der Waals surface area (Å²) in [6, 6.07) is 1.86. The Balaban J connectivity index is 2.04. The monoisotopic (exact) mass is 247 g/mol. The predicted molar refractivity (Wildman–Crippen MR) is 67.4 cm³/mol. The van der Waals surface area contributed by atoms with Crippen LogP contribution in [0.1, 0.15) is 18.3 Å². The number of aryl methyl sites for hydroxylation is 2. The summed E-state index contributed by atoms with van der Waals surface area (Å²) < 4.78 is 7.27. The molecular weight excluding hydrogens is 230 g/mol. The van der Waals surface area contributed by atoms with Gasteiger partial charge in [0.2, 0.25) is 11.8 Å². The van der Waals surface area contributed by atoms with Gasteiger partial charge in [-0.25, -0.2) is 9.67 Å². The van der Waals surface area contributed by atoms with E-state index < -0.39 is 0 Å². The van der Waals surface area contributed by atoms with Crippen molar-refractivity contribution < 1.29 is 4.74 Å². The van der Waals surface area contributed by atoms with Crippen LogP contribution in [-0.4, -0.2) is 26.3 Å². The zero-order valence-electron chi connectivity index (χ0n) is 10.8. The fraction of sp³-hybridized carbons (Fsp3) is 0.417. The van der Waals surface area contributed by atoms with E-state index in [4.69, 9.17) is 4.74 Å². The normalized spacial score (nSPS) is 10.6. The molecule has 2 aromatic rings. The number of nitrogens with one attached hydrogen (secondary N) is 1. The highest BCUT2D eigenvalue weighted by atomic mass is 16.5. The maximum absolute atomic E-state index is 5.60. The van der Waals surface area contributed by atoms with E-state index in [2.05, 4.69) is 27.3 Å². The molecule has 0 aliphatic carbocycles. The van der Waals surface area contributed by atoms with Crippen molar-refractivity contribution in [3.8, 4) is 11.8 Å². The van der Waals surface area contributed by atoms with E-state index in [0.717, 1.165) is 17.9 Å². The van der Waals surface area contributed by atoms with Crippen LogP contribution in [0.2, 0.25) is 0 Å². The highest BCUT2D eigenvalue weighted by Crippen LogP contribution is 2.18. The number of rotatable bonds is 5. The average molecular weight is 247 g/mol. The van der Waals surface area contributed by atoms with E-state index in [1.54, 1.807) is 17.1 Å². The lowest BCUT2D eigenvalue weighted by molar-refractivity contribution is 0.412. The fourth-order valence-electron chi connectivity index (χ4n) is 1.53. The van der Waals surface area contributed by atoms with Gasteiger partial charge in [-0.1, -0.05) is 6.92 Å². The first-order chi connectivity index (χ1) is 8.69. The second-order valence-corrected chi connectivity index (χ2v) is 3.98. The SMILES string of the molecule is CCNCc1cnc(Oc2cc(C)nn2C)cn1. The minimum absolute atomic E-state index is 0.471. The topological polar surface area (TPSA) is 64.9 Å². The van der Waals surface area contributed by atoms with E-state index in [1.165, 1.54) is 0 Å². The van der Waals surface area contributed by atoms with E-state index in [9.17, 15) is 0 Å². The standard InChI is InChI=1S/C12H17N5O/c1-4-13-6-10-7-15-11(8-14-10)18-12-5-9(2)16-17(12)3/h5,7-8,13H,4,6H2,1-3H3. The molecule has 6 heteroatoms. The minimum atomic E-state index is 0.471. The first-order valence-corrected chi connectivity index (χ1v) is 5.89. The molecule has 0 amide bonds. The molecule has 18 heavy (non-hydrogen) atoms. The minimum Gasteiger partial charge on any atom is -0.419 e. The van der Waals surface area contributed by atoms with Gasteiger partial charge in [-0.15, -0.1) is 0 Å². The third-order valence-electron chi connectivity index (χ3n) is 2.41. The molecule has 0 aliphatic rings. The molecule has 0 spiro atoms. The van der Waals surface area contributed by atoms with Gasteiger partial charge >= 0.3 is 0 Å². The number of ether oxygens (including phenoxy) is 1. The van der Waals surface area contributed by atoms with Crippen LogP contribution in [0, 0.1) is 6.92 Å². The van der Waals surface area contributed by atoms with Crippen LogP contribution < -0.4 is 10.1 Å². The van der Waals surface area contributed by atoms with Crippen LogP contribution in [0.15, 0.2) is 18.5 Å². The zero-order chi connectivity index (χ0) is 13.0. The molecule has 0 radical (unpaired) electrons. The smallest absolute Gasteiger partial charge is 0.239 e. The summed E-state index contributed by atoms with van der Waals surface area (Å²) in [6.07, 6.45) is 3.33. The molecule has 0 aliphatic heterocycles. The summed E-state index contributed by atoms with van der Waals surface area (Å²) in [5.41, 5.74) is 1.80. The van der Waals surface area contributed by atoms with Crippen molar-refractivity contribution in [2.45, 2.75) is 20.4 Å². The van der Waals surface area contributed by atoms with Gasteiger partial charge in [-0.2, -0.15) is 5.10 Å². The van der Waals surface area contributed by atoms with Gasteiger partial charge < -0.3 is 10.1 Å². The van der Waals surface area contributed by atoms with E-state index in [1.807, 2.05) is 20.0 Å². The first kappa shape index (κ1) is 12.5. The van der Waals surface area contributed by atoms with Gasteiger partial charge in [0.1, 0.15) is 0 Å². The Morgan fingerprint density at radius 2 is 2.17 bits per heavy atom. The van der Waals surface area contributed by atoms with Crippen LogP contribution in [0.25, 0.3) is 0 Å². The lowest BCUT2D eigenvalue weighted by atomic mass is 10.4. The number of aromatic nitrogens is 4. The Morgan fingerprint density at radius 3 is 2.72 bits per heavy atom. The van der Waals surface area contributed by atoms with Gasteiger partial charge in [0.05, 0.1) is 23.8 Å². The van der Waals surface area contributed by atoms with Gasteiger partial charge in [-0.3, -0.25) is 4.98 Å². The van der Waals surface area contributed by atoms with Crippen LogP contribution in [-0.2, 0) is 13.6 Å². The third-order valence-corrected chi connectivity index (χ3v) is 2.41. The van der Waals surface area contributed by atoms with E-state index in [-0.39, 0.29) is 0 Å². The summed E-state index contributed by atoms with van der Waals surface area (Å²) in [7, 11) is 1.83. The Hall–Kier alpha value is -1.95. The fourth-order valence-corrected chi connectivity index (χ4v) is 1.53. The van der Waals surface area contributed by atoms with Crippen LogP contribution in [0.4, 0.5) is 0 Å². The Morgan fingerprint density at radius 1 is 1.33 bits per heavy atom. The summed E-state index contributed by atoms with van der Waals surface area (Å²) >= 11 is 0. The van der Waals surface area contributed by atoms with Gasteiger partial charge in [0.25, 0.3) is 0 Å². The van der Waals surface area contributed by atoms with Crippen LogP contribution >= 0.6 is 0 Å². The van der Waals surface area contributed by atoms with Crippen molar-refractivity contribution in [2.24, 2.45) is 7.05 Å². The van der Waals surface area contributed by atoms with Crippen LogP contribution in [0.5, 0.6) is 11.8 Å². The van der Waals surface area contributed by atoms with Crippen LogP contribution in [0.3, 0.4) is 0 Å². The lowest BCUT2D eigenvalue weighted by Gasteiger charge is -2.05. The number of hydrogen-bond donors (Lipinski definition) is 1. The molecule has 0 bridgehead atoms. The van der Waals surface area contributed by atoms with E-state index in [0.29, 0.717) is 18.3 Å². The maximum atomic E-state index is 5.60. The molecule has 2 aromatic heterocycles. The van der Waals surface area contributed by atoms with Gasteiger partial charge in [-0.05, 0) is 13.5 Å². The van der Waals surface area contributed by atoms with Crippen molar-refractivity contribution >= 4 is 0 Å². The summed E-state index contributed by atoms with van der Waals surface area (Å²) in [5, 5.41) is 7.39. The largest absolute Gasteiger partial charge is 0.419 e. The molecule has 0 fully saturated rings. The molecule has 0 unspecified atom stereocenters. The number of hydrogen-bond acceptors (Lipinski definition) is 5. The third kappa shape index (κ3) is 3.04. The number of nitrogens with zero attached hydrogens (tertiary/aromatic N) is 4. The van der Waals surface area contributed by atoms with Crippen molar-refractivity contribution in [1.82, 2.24) is 25.1 Å². The summed E-state index contributed by atoms with van der Waals surface area (Å²) in [5.74, 6) is 1.12. The van der Waals surface area contributed by atoms with Gasteiger partial charge in [0.15, 0.2) is 0 Å². The average Bonchev–Trinajstić information content (AvgIpc) is 2.67. The first-order valence-electron chi connectivity index (χ1n) is 5.89. The second-order valence-electron chi connectivity index (χ2n) is 3.98. The molecule has 1 N–H and O–H groups in total. The maximum Gasteiger partial charge on any atom is 0.239 e. The molecule has 0 atom stereocenters. The van der Waals surface area contributed by atoms with Crippen molar-refractivity contribution in [3.05, 3.63) is 29.8 Å². The predicted octanol–water partition coefficient (Wildman–Crippen LogP) is 1.42. The lowest BCUT2D eigenvalue weighted by Crippen LogP contribution is -2.13. The molecule has 0 saturated carbocycles. The van der Waals surface area contributed by atoms with Crippen molar-refractivity contribution in [3.63, 3.8) is 0 Å². The molecule has 6 nitrogen and oxygen atoms in total. The molecule has 2 rings (SSSR count). The molecule has 0 saturated heterocycles. The van der Waals surface area contributed by atoms with Crippen molar-refractivity contribution in [1.29, 1.82) is 0 Å². The molecular formula is C12H17N5O. The summed E-state index contributed by atoms with van der Waals surface area (Å²) in [6.45, 7) is 5.59. The molecule has 96 valence electrons. The summed E-state index contributed by atoms with van der Waals surface area (Å²) in [4.78, 5) is 8.48. The highest BCUT2D eigenvalue weighted by Gasteiger charge is 2.05. The van der Waals surface area contributed by atoms with Gasteiger partial charge in [0, 0.05) is 19.7 Å². The Labute approximate surface area is 106 Å². The molecule has 0 aromatic carbocycles. The Kier molecular flexibility index (Phi) is 3.88. The molecule has 2 heterocycles.